The van der Waals surface area contributed by atoms with Crippen LogP contribution < -0.4 is 10.6 Å². The zero-order chi connectivity index (χ0) is 29.4. The number of hydrogen-bond acceptors (Lipinski definition) is 0. The molecule has 0 N–H and O–H groups in total. The normalized spacial score (nSPS) is 19.1. The van der Waals surface area contributed by atoms with E-state index in [-0.39, 0.29) is 16.5 Å². The molecule has 2 aliphatic rings. The Balaban J connectivity index is 1.65. The van der Waals surface area contributed by atoms with Crippen LogP contribution in [0.15, 0.2) is 140 Å². The van der Waals surface area contributed by atoms with Crippen LogP contribution in [0.4, 0.5) is 0 Å². The van der Waals surface area contributed by atoms with Gasteiger partial charge in [-0.25, -0.2) is 0 Å². The molecule has 0 heterocycles. The van der Waals surface area contributed by atoms with Crippen LogP contribution in [-0.4, -0.2) is 5.16 Å². The van der Waals surface area contributed by atoms with Crippen molar-refractivity contribution in [1.29, 1.82) is 0 Å². The van der Waals surface area contributed by atoms with Crippen molar-refractivity contribution in [3.05, 3.63) is 162 Å². The Bertz CT molecular complexity index is 1660. The SMILES string of the molecule is CCCC(CC)C1(C(C)(C2c3ccccc3-c3ccccc32)P(c2ccccc2)c2ccccc2)C=Cc2ccccc21. The largest absolute Gasteiger partial charge is 0.0721 e. The van der Waals surface area contributed by atoms with E-state index in [0.717, 1.165) is 6.42 Å². The molecule has 0 aliphatic heterocycles. The second-order valence-corrected chi connectivity index (χ2v) is 15.1. The molecule has 0 aromatic heterocycles. The third kappa shape index (κ3) is 4.22. The van der Waals surface area contributed by atoms with Gasteiger partial charge in [-0.3, -0.25) is 0 Å². The van der Waals surface area contributed by atoms with E-state index in [4.69, 9.17) is 0 Å². The zero-order valence-corrected chi connectivity index (χ0v) is 26.5. The summed E-state index contributed by atoms with van der Waals surface area (Å²) in [5, 5.41) is 2.72. The van der Waals surface area contributed by atoms with Gasteiger partial charge in [-0.2, -0.15) is 0 Å². The number of rotatable bonds is 9. The molecule has 0 saturated heterocycles. The summed E-state index contributed by atoms with van der Waals surface area (Å²) in [6, 6.07) is 50.8. The van der Waals surface area contributed by atoms with E-state index in [1.807, 2.05) is 0 Å². The first-order valence-electron chi connectivity index (χ1n) is 16.0. The van der Waals surface area contributed by atoms with Crippen molar-refractivity contribution in [1.82, 2.24) is 0 Å². The lowest BCUT2D eigenvalue weighted by Gasteiger charge is -2.58. The Morgan fingerprint density at radius 1 is 0.651 bits per heavy atom. The van der Waals surface area contributed by atoms with E-state index >= 15 is 0 Å². The van der Waals surface area contributed by atoms with Gasteiger partial charge in [0.15, 0.2) is 0 Å². The summed E-state index contributed by atoms with van der Waals surface area (Å²) >= 11 is 0. The highest BCUT2D eigenvalue weighted by Gasteiger charge is 2.62. The molecule has 0 bridgehead atoms. The minimum absolute atomic E-state index is 0.166. The molecule has 5 aromatic rings. The summed E-state index contributed by atoms with van der Waals surface area (Å²) in [4.78, 5) is 0. The topological polar surface area (TPSA) is 0 Å². The predicted octanol–water partition coefficient (Wildman–Crippen LogP) is 10.5. The molecular weight excluding hydrogens is 535 g/mol. The first kappa shape index (κ1) is 28.1. The summed E-state index contributed by atoms with van der Waals surface area (Å²) < 4.78 is 0. The molecule has 3 atom stereocenters. The van der Waals surface area contributed by atoms with E-state index in [9.17, 15) is 0 Å². The molecule has 0 saturated carbocycles. The van der Waals surface area contributed by atoms with Gasteiger partial charge in [0, 0.05) is 16.5 Å². The first-order chi connectivity index (χ1) is 21.1. The van der Waals surface area contributed by atoms with Crippen molar-refractivity contribution in [2.24, 2.45) is 5.92 Å². The predicted molar refractivity (Wildman–Crippen MR) is 187 cm³/mol. The number of fused-ring (bicyclic) bond motifs is 4. The Morgan fingerprint density at radius 3 is 1.72 bits per heavy atom. The van der Waals surface area contributed by atoms with Crippen LogP contribution >= 0.6 is 7.92 Å². The number of hydrogen-bond donors (Lipinski definition) is 0. The molecule has 1 heteroatoms. The fraction of sp³-hybridized carbons (Fsp3) is 0.238. The second-order valence-electron chi connectivity index (χ2n) is 12.4. The van der Waals surface area contributed by atoms with E-state index in [0.29, 0.717) is 5.92 Å². The molecule has 5 aromatic carbocycles. The molecule has 3 unspecified atom stereocenters. The van der Waals surface area contributed by atoms with Crippen LogP contribution in [0.1, 0.15) is 68.2 Å². The smallest absolute Gasteiger partial charge is 0.0277 e. The van der Waals surface area contributed by atoms with Gasteiger partial charge in [0.2, 0.25) is 0 Å². The van der Waals surface area contributed by atoms with Crippen molar-refractivity contribution in [3.63, 3.8) is 0 Å². The standard InChI is InChI=1S/C42H41P/c1-4-18-32(5-2)42(30-29-31-19-12-17-28-39(31)42)41(3,43(33-20-8-6-9-21-33)34-22-10-7-11-23-34)40-37-26-15-13-24-35(37)36-25-14-16-27-38(36)40/h6-17,19-30,32,40H,4-5,18H2,1-3H3. The zero-order valence-electron chi connectivity index (χ0n) is 25.6. The maximum Gasteiger partial charge on any atom is 0.0277 e. The van der Waals surface area contributed by atoms with Crippen LogP contribution in [0, 0.1) is 5.92 Å². The second kappa shape index (κ2) is 11.4. The fourth-order valence-electron chi connectivity index (χ4n) is 8.80. The van der Waals surface area contributed by atoms with Gasteiger partial charge in [0.05, 0.1) is 0 Å². The summed E-state index contributed by atoms with van der Waals surface area (Å²) in [5.74, 6) is 0.730. The minimum Gasteiger partial charge on any atom is -0.0721 e. The van der Waals surface area contributed by atoms with E-state index in [2.05, 4.69) is 166 Å². The highest BCUT2D eigenvalue weighted by molar-refractivity contribution is 7.74. The van der Waals surface area contributed by atoms with E-state index in [1.165, 1.54) is 56.8 Å². The Morgan fingerprint density at radius 2 is 1.16 bits per heavy atom. The van der Waals surface area contributed by atoms with Crippen molar-refractivity contribution in [2.45, 2.75) is 56.5 Å². The molecule has 7 rings (SSSR count). The summed E-state index contributed by atoms with van der Waals surface area (Å²) in [7, 11) is -0.840. The van der Waals surface area contributed by atoms with Crippen LogP contribution in [0.25, 0.3) is 17.2 Å². The van der Waals surface area contributed by atoms with Gasteiger partial charge in [0.25, 0.3) is 0 Å². The summed E-state index contributed by atoms with van der Waals surface area (Å²) in [6.45, 7) is 7.49. The monoisotopic (exact) mass is 576 g/mol. The summed E-state index contributed by atoms with van der Waals surface area (Å²) in [5.41, 5.74) is 8.50. The molecule has 0 radical (unpaired) electrons. The Kier molecular flexibility index (Phi) is 7.44. The van der Waals surface area contributed by atoms with Crippen molar-refractivity contribution < 1.29 is 0 Å². The molecule has 0 amide bonds. The maximum atomic E-state index is 2.69. The summed E-state index contributed by atoms with van der Waals surface area (Å²) in [6.07, 6.45) is 8.66. The molecule has 43 heavy (non-hydrogen) atoms. The average Bonchev–Trinajstić information content (AvgIpc) is 3.62. The van der Waals surface area contributed by atoms with Crippen molar-refractivity contribution in [2.75, 3.05) is 0 Å². The van der Waals surface area contributed by atoms with Crippen LogP contribution in [0.2, 0.25) is 0 Å². The minimum atomic E-state index is -0.840. The van der Waals surface area contributed by atoms with Crippen LogP contribution in [0.3, 0.4) is 0 Å². The Labute approximate surface area is 259 Å². The van der Waals surface area contributed by atoms with Gasteiger partial charge < -0.3 is 0 Å². The van der Waals surface area contributed by atoms with Gasteiger partial charge in [-0.05, 0) is 64.3 Å². The van der Waals surface area contributed by atoms with Gasteiger partial charge in [-0.1, -0.05) is 179 Å². The van der Waals surface area contributed by atoms with Gasteiger partial charge in [-0.15, -0.1) is 0 Å². The Hall–Kier alpha value is -3.73. The van der Waals surface area contributed by atoms with Gasteiger partial charge >= 0.3 is 0 Å². The lowest BCUT2D eigenvalue weighted by molar-refractivity contribution is 0.227. The highest BCUT2D eigenvalue weighted by atomic mass is 31.1. The fourth-order valence-corrected chi connectivity index (χ4v) is 12.4. The molecule has 214 valence electrons. The van der Waals surface area contributed by atoms with Gasteiger partial charge in [0.1, 0.15) is 0 Å². The van der Waals surface area contributed by atoms with Crippen LogP contribution in [-0.2, 0) is 5.41 Å². The maximum absolute atomic E-state index is 2.69. The molecule has 0 fully saturated rings. The molecule has 0 nitrogen and oxygen atoms in total. The van der Waals surface area contributed by atoms with Crippen molar-refractivity contribution in [3.8, 4) is 11.1 Å². The number of allylic oxidation sites excluding steroid dienone is 1. The average molecular weight is 577 g/mol. The molecule has 2 aliphatic carbocycles. The quantitative estimate of drug-likeness (QED) is 0.153. The first-order valence-corrected chi connectivity index (χ1v) is 17.4. The third-order valence-electron chi connectivity index (χ3n) is 10.4. The molecule has 0 spiro atoms. The third-order valence-corrected chi connectivity index (χ3v) is 13.6. The van der Waals surface area contributed by atoms with Crippen molar-refractivity contribution >= 4 is 24.6 Å². The number of benzene rings is 5. The lowest BCUT2D eigenvalue weighted by Crippen LogP contribution is -2.57. The molecular formula is C42H41P. The van der Waals surface area contributed by atoms with E-state index < -0.39 is 7.92 Å². The van der Waals surface area contributed by atoms with E-state index in [1.54, 1.807) is 0 Å². The van der Waals surface area contributed by atoms with Crippen LogP contribution in [0.5, 0.6) is 0 Å². The highest BCUT2D eigenvalue weighted by Crippen LogP contribution is 2.71. The lowest BCUT2D eigenvalue weighted by atomic mass is 9.57.